The van der Waals surface area contributed by atoms with Gasteiger partial charge in [-0.25, -0.2) is 4.79 Å². The van der Waals surface area contributed by atoms with Gasteiger partial charge in [0.25, 0.3) is 0 Å². The molecule has 0 aliphatic heterocycles. The number of carboxylic acid groups (broad SMARTS) is 1. The first-order valence-corrected chi connectivity index (χ1v) is 4.36. The average molecular weight is 178 g/mol. The van der Waals surface area contributed by atoms with Crippen molar-refractivity contribution >= 4 is 17.7 Å². The summed E-state index contributed by atoms with van der Waals surface area (Å²) in [7, 11) is 0. The zero-order chi connectivity index (χ0) is 9.07. The molecule has 0 bridgehead atoms. The summed E-state index contributed by atoms with van der Waals surface area (Å²) in [5.74, 6) is -0.902. The molecule has 0 rings (SSSR count). The Morgan fingerprint density at radius 1 is 1.55 bits per heavy atom. The van der Waals surface area contributed by atoms with E-state index in [0.717, 1.165) is 0 Å². The standard InChI is InChI=1S/C7H14O3S/c1-7(2,3)11-4-5(8)6(9)10/h5,8H,4H2,1-3H3,(H,9,10)/t5-/m0/s1. The second kappa shape index (κ2) is 3.97. The smallest absolute Gasteiger partial charge is 0.333 e. The van der Waals surface area contributed by atoms with Crippen LogP contribution in [0.5, 0.6) is 0 Å². The second-order valence-corrected chi connectivity index (χ2v) is 5.12. The molecular formula is C7H14O3S. The minimum atomic E-state index is -1.24. The molecule has 1 atom stereocenters. The van der Waals surface area contributed by atoms with Crippen LogP contribution in [0, 0.1) is 0 Å². The summed E-state index contributed by atoms with van der Waals surface area (Å²) in [5.41, 5.74) is 0. The largest absolute Gasteiger partial charge is 0.479 e. The summed E-state index contributed by atoms with van der Waals surface area (Å²) in [6.45, 7) is 5.94. The lowest BCUT2D eigenvalue weighted by Crippen LogP contribution is -2.24. The first-order valence-electron chi connectivity index (χ1n) is 3.38. The molecule has 0 aromatic carbocycles. The summed E-state index contributed by atoms with van der Waals surface area (Å²) >= 11 is 1.44. The number of carboxylic acids is 1. The maximum absolute atomic E-state index is 10.2. The van der Waals surface area contributed by atoms with Gasteiger partial charge in [-0.1, -0.05) is 20.8 Å². The van der Waals surface area contributed by atoms with Crippen molar-refractivity contribution in [3.8, 4) is 0 Å². The predicted octanol–water partition coefficient (Wildman–Crippen LogP) is 0.964. The molecule has 4 heteroatoms. The van der Waals surface area contributed by atoms with Crippen molar-refractivity contribution in [2.75, 3.05) is 5.75 Å². The number of carbonyl (C=O) groups is 1. The van der Waals surface area contributed by atoms with Gasteiger partial charge in [-0.15, -0.1) is 0 Å². The minimum absolute atomic E-state index is 0.0103. The van der Waals surface area contributed by atoms with E-state index >= 15 is 0 Å². The van der Waals surface area contributed by atoms with Gasteiger partial charge in [0, 0.05) is 10.5 Å². The van der Waals surface area contributed by atoms with Crippen molar-refractivity contribution in [3.63, 3.8) is 0 Å². The molecule has 0 saturated carbocycles. The molecule has 0 aliphatic rings. The monoisotopic (exact) mass is 178 g/mol. The number of hydrogen-bond donors (Lipinski definition) is 2. The summed E-state index contributed by atoms with van der Waals surface area (Å²) in [5, 5.41) is 17.2. The number of rotatable bonds is 3. The van der Waals surface area contributed by atoms with Gasteiger partial charge in [0.15, 0.2) is 6.10 Å². The lowest BCUT2D eigenvalue weighted by Gasteiger charge is -2.18. The molecule has 0 amide bonds. The molecule has 2 N–H and O–H groups in total. The molecule has 0 radical (unpaired) electrons. The van der Waals surface area contributed by atoms with E-state index in [2.05, 4.69) is 0 Å². The normalized spacial score (nSPS) is 14.5. The minimum Gasteiger partial charge on any atom is -0.479 e. The van der Waals surface area contributed by atoms with Gasteiger partial charge in [-0.05, 0) is 0 Å². The molecule has 0 saturated heterocycles. The van der Waals surface area contributed by atoms with E-state index in [1.807, 2.05) is 20.8 Å². The lowest BCUT2D eigenvalue weighted by molar-refractivity contribution is -0.145. The molecule has 0 unspecified atom stereocenters. The van der Waals surface area contributed by atoms with Crippen molar-refractivity contribution < 1.29 is 15.0 Å². The van der Waals surface area contributed by atoms with E-state index in [1.54, 1.807) is 0 Å². The fourth-order valence-corrected chi connectivity index (χ4v) is 1.20. The average Bonchev–Trinajstić information content (AvgIpc) is 1.80. The molecule has 0 aromatic rings. The molecule has 3 nitrogen and oxygen atoms in total. The number of aliphatic hydroxyl groups is 1. The van der Waals surface area contributed by atoms with E-state index in [4.69, 9.17) is 10.2 Å². The van der Waals surface area contributed by atoms with Crippen molar-refractivity contribution in [3.05, 3.63) is 0 Å². The van der Waals surface area contributed by atoms with E-state index in [9.17, 15) is 4.79 Å². The molecule has 0 heterocycles. The van der Waals surface area contributed by atoms with Crippen LogP contribution in [0.2, 0.25) is 0 Å². The Morgan fingerprint density at radius 2 is 2.00 bits per heavy atom. The molecular weight excluding hydrogens is 164 g/mol. The van der Waals surface area contributed by atoms with E-state index in [-0.39, 0.29) is 10.5 Å². The third-order valence-corrected chi connectivity index (χ3v) is 2.31. The van der Waals surface area contributed by atoms with Crippen LogP contribution >= 0.6 is 11.8 Å². The van der Waals surface area contributed by atoms with Gasteiger partial charge in [0.1, 0.15) is 0 Å². The van der Waals surface area contributed by atoms with Crippen LogP contribution in [-0.2, 0) is 4.79 Å². The third kappa shape index (κ3) is 6.19. The first-order chi connectivity index (χ1) is 4.83. The van der Waals surface area contributed by atoms with Crippen LogP contribution in [0.3, 0.4) is 0 Å². The van der Waals surface area contributed by atoms with E-state index < -0.39 is 12.1 Å². The number of aliphatic carboxylic acids is 1. The van der Waals surface area contributed by atoms with Crippen molar-refractivity contribution in [1.82, 2.24) is 0 Å². The van der Waals surface area contributed by atoms with Gasteiger partial charge in [-0.2, -0.15) is 11.8 Å². The van der Waals surface area contributed by atoms with Crippen LogP contribution in [-0.4, -0.2) is 32.8 Å². The molecule has 66 valence electrons. The zero-order valence-electron chi connectivity index (χ0n) is 7.00. The topological polar surface area (TPSA) is 57.5 Å². The Morgan fingerprint density at radius 3 is 2.27 bits per heavy atom. The maximum atomic E-state index is 10.2. The van der Waals surface area contributed by atoms with Crippen LogP contribution in [0.15, 0.2) is 0 Å². The number of aliphatic hydroxyl groups excluding tert-OH is 1. The molecule has 11 heavy (non-hydrogen) atoms. The third-order valence-electron chi connectivity index (χ3n) is 0.959. The maximum Gasteiger partial charge on any atom is 0.333 e. The van der Waals surface area contributed by atoms with Gasteiger partial charge in [0.2, 0.25) is 0 Å². The Labute approximate surface area is 70.8 Å². The lowest BCUT2D eigenvalue weighted by atomic mass is 10.3. The quantitative estimate of drug-likeness (QED) is 0.676. The van der Waals surface area contributed by atoms with Gasteiger partial charge in [-0.3, -0.25) is 0 Å². The Balaban J connectivity index is 3.63. The summed E-state index contributed by atoms with van der Waals surface area (Å²) < 4.78 is 0.0103. The Hall–Kier alpha value is -0.220. The van der Waals surface area contributed by atoms with Gasteiger partial charge < -0.3 is 10.2 Å². The van der Waals surface area contributed by atoms with Crippen molar-refractivity contribution in [1.29, 1.82) is 0 Å². The number of hydrogen-bond acceptors (Lipinski definition) is 3. The SMILES string of the molecule is CC(C)(C)SC[C@H](O)C(=O)O. The fourth-order valence-electron chi connectivity index (χ4n) is 0.400. The molecule has 0 aromatic heterocycles. The van der Waals surface area contributed by atoms with Crippen LogP contribution in [0.25, 0.3) is 0 Å². The van der Waals surface area contributed by atoms with Crippen molar-refractivity contribution in [2.24, 2.45) is 0 Å². The molecule has 0 spiro atoms. The Bertz CT molecular complexity index is 139. The van der Waals surface area contributed by atoms with Crippen LogP contribution in [0.4, 0.5) is 0 Å². The second-order valence-electron chi connectivity index (χ2n) is 3.28. The zero-order valence-corrected chi connectivity index (χ0v) is 7.81. The predicted molar refractivity (Wildman–Crippen MR) is 45.9 cm³/mol. The summed E-state index contributed by atoms with van der Waals surface area (Å²) in [6.07, 6.45) is -1.24. The fraction of sp³-hybridized carbons (Fsp3) is 0.857. The highest BCUT2D eigenvalue weighted by Crippen LogP contribution is 2.23. The van der Waals surface area contributed by atoms with Gasteiger partial charge in [0.05, 0.1) is 0 Å². The van der Waals surface area contributed by atoms with E-state index in [0.29, 0.717) is 0 Å². The summed E-state index contributed by atoms with van der Waals surface area (Å²) in [4.78, 5) is 10.2. The van der Waals surface area contributed by atoms with Crippen molar-refractivity contribution in [2.45, 2.75) is 31.6 Å². The number of thioether (sulfide) groups is 1. The van der Waals surface area contributed by atoms with Crippen LogP contribution < -0.4 is 0 Å². The molecule has 0 aliphatic carbocycles. The summed E-state index contributed by atoms with van der Waals surface area (Å²) in [6, 6.07) is 0. The first kappa shape index (κ1) is 10.8. The van der Waals surface area contributed by atoms with Crippen LogP contribution in [0.1, 0.15) is 20.8 Å². The highest BCUT2D eigenvalue weighted by Gasteiger charge is 2.18. The Kier molecular flexibility index (Phi) is 3.89. The van der Waals surface area contributed by atoms with E-state index in [1.165, 1.54) is 11.8 Å². The van der Waals surface area contributed by atoms with Gasteiger partial charge >= 0.3 is 5.97 Å². The molecule has 0 fully saturated rings. The highest BCUT2D eigenvalue weighted by molar-refractivity contribution is 8.00. The highest BCUT2D eigenvalue weighted by atomic mass is 32.2.